The number of morpholine rings is 1. The van der Waals surface area contributed by atoms with Gasteiger partial charge in [0, 0.05) is 38.3 Å². The normalized spacial score (nSPS) is 17.1. The monoisotopic (exact) mass is 384 g/mol. The lowest BCUT2D eigenvalue weighted by atomic mass is 10.1. The average molecular weight is 384 g/mol. The van der Waals surface area contributed by atoms with Crippen molar-refractivity contribution in [3.05, 3.63) is 59.3 Å². The number of nitrogens with zero attached hydrogens (tertiary/aromatic N) is 4. The molecule has 0 bridgehead atoms. The maximum absolute atomic E-state index is 13.4. The second-order valence-corrected chi connectivity index (χ2v) is 6.92. The van der Waals surface area contributed by atoms with Gasteiger partial charge in [-0.2, -0.15) is 5.10 Å². The lowest BCUT2D eigenvalue weighted by Gasteiger charge is -2.32. The standard InChI is InChI=1S/C20H21FN4O3/c1-13-17(11-22-24(13)2)19-10-18(23-28-19)20(26)25-6-7-27-16(12-25)9-14-4-3-5-15(21)8-14/h3-5,8,10-11,16H,6-7,9,12H2,1-2H3/t16-/m1/s1. The summed E-state index contributed by atoms with van der Waals surface area (Å²) in [5.74, 6) is 0.0321. The van der Waals surface area contributed by atoms with Crippen LogP contribution in [0, 0.1) is 12.7 Å². The van der Waals surface area contributed by atoms with Gasteiger partial charge in [0.2, 0.25) is 0 Å². The van der Waals surface area contributed by atoms with Gasteiger partial charge in [0.15, 0.2) is 11.5 Å². The quantitative estimate of drug-likeness (QED) is 0.691. The van der Waals surface area contributed by atoms with Crippen molar-refractivity contribution in [2.24, 2.45) is 7.05 Å². The molecule has 146 valence electrons. The fraction of sp³-hybridized carbons (Fsp3) is 0.350. The van der Waals surface area contributed by atoms with Crippen LogP contribution in [0.15, 0.2) is 41.1 Å². The smallest absolute Gasteiger partial charge is 0.276 e. The first-order valence-corrected chi connectivity index (χ1v) is 9.12. The van der Waals surface area contributed by atoms with Gasteiger partial charge < -0.3 is 14.2 Å². The van der Waals surface area contributed by atoms with Crippen LogP contribution in [0.2, 0.25) is 0 Å². The van der Waals surface area contributed by atoms with Crippen LogP contribution in [0.5, 0.6) is 0 Å². The topological polar surface area (TPSA) is 73.4 Å². The summed E-state index contributed by atoms with van der Waals surface area (Å²) in [4.78, 5) is 14.6. The number of benzene rings is 1. The van der Waals surface area contributed by atoms with E-state index in [1.807, 2.05) is 20.0 Å². The van der Waals surface area contributed by atoms with Crippen LogP contribution in [0.4, 0.5) is 4.39 Å². The molecule has 0 unspecified atom stereocenters. The van der Waals surface area contributed by atoms with Crippen molar-refractivity contribution in [1.82, 2.24) is 19.8 Å². The SMILES string of the molecule is Cc1c(-c2cc(C(=O)N3CCO[C@H](Cc4cccc(F)c4)C3)no2)cnn1C. The highest BCUT2D eigenvalue weighted by Crippen LogP contribution is 2.24. The molecule has 2 aromatic heterocycles. The number of ether oxygens (including phenoxy) is 1. The molecule has 3 aromatic rings. The Morgan fingerprint density at radius 1 is 1.36 bits per heavy atom. The van der Waals surface area contributed by atoms with Crippen molar-refractivity contribution in [2.75, 3.05) is 19.7 Å². The third-order valence-corrected chi connectivity index (χ3v) is 5.01. The van der Waals surface area contributed by atoms with Crippen LogP contribution < -0.4 is 0 Å². The molecule has 0 saturated carbocycles. The molecule has 1 aliphatic rings. The van der Waals surface area contributed by atoms with E-state index < -0.39 is 0 Å². The van der Waals surface area contributed by atoms with Crippen molar-refractivity contribution in [1.29, 1.82) is 0 Å². The second kappa shape index (κ2) is 7.55. The number of halogens is 1. The molecule has 1 aliphatic heterocycles. The molecule has 1 saturated heterocycles. The fourth-order valence-corrected chi connectivity index (χ4v) is 3.36. The first-order valence-electron chi connectivity index (χ1n) is 9.12. The van der Waals surface area contributed by atoms with Gasteiger partial charge in [-0.1, -0.05) is 17.3 Å². The molecule has 28 heavy (non-hydrogen) atoms. The predicted octanol–water partition coefficient (Wildman–Crippen LogP) is 2.61. The van der Waals surface area contributed by atoms with E-state index in [9.17, 15) is 9.18 Å². The number of rotatable bonds is 4. The number of amides is 1. The van der Waals surface area contributed by atoms with Gasteiger partial charge in [-0.05, 0) is 24.6 Å². The van der Waals surface area contributed by atoms with Gasteiger partial charge in [0.25, 0.3) is 5.91 Å². The summed E-state index contributed by atoms with van der Waals surface area (Å²) in [7, 11) is 1.84. The molecule has 0 N–H and O–H groups in total. The molecule has 1 fully saturated rings. The van der Waals surface area contributed by atoms with Gasteiger partial charge in [-0.25, -0.2) is 4.39 Å². The molecule has 7 nitrogen and oxygen atoms in total. The van der Waals surface area contributed by atoms with E-state index in [4.69, 9.17) is 9.26 Å². The summed E-state index contributed by atoms with van der Waals surface area (Å²) in [5.41, 5.74) is 2.83. The first-order chi connectivity index (χ1) is 13.5. The minimum Gasteiger partial charge on any atom is -0.374 e. The average Bonchev–Trinajstić information content (AvgIpc) is 3.29. The lowest BCUT2D eigenvalue weighted by Crippen LogP contribution is -2.46. The summed E-state index contributed by atoms with van der Waals surface area (Å²) in [6.07, 6.45) is 2.04. The number of hydrogen-bond donors (Lipinski definition) is 0. The number of carbonyl (C=O) groups is 1. The molecular formula is C20H21FN4O3. The van der Waals surface area contributed by atoms with Gasteiger partial charge >= 0.3 is 0 Å². The molecule has 0 aliphatic carbocycles. The van der Waals surface area contributed by atoms with Gasteiger partial charge in [0.05, 0.1) is 24.5 Å². The Balaban J connectivity index is 1.45. The Morgan fingerprint density at radius 2 is 2.21 bits per heavy atom. The van der Waals surface area contributed by atoms with E-state index in [0.29, 0.717) is 31.9 Å². The molecule has 8 heteroatoms. The zero-order valence-electron chi connectivity index (χ0n) is 15.8. The van der Waals surface area contributed by atoms with Crippen molar-refractivity contribution in [3.63, 3.8) is 0 Å². The Hall–Kier alpha value is -3.00. The van der Waals surface area contributed by atoms with Crippen molar-refractivity contribution < 1.29 is 18.4 Å². The molecule has 4 rings (SSSR count). The third kappa shape index (κ3) is 3.68. The van der Waals surface area contributed by atoms with E-state index in [1.54, 1.807) is 27.9 Å². The van der Waals surface area contributed by atoms with Crippen molar-refractivity contribution in [3.8, 4) is 11.3 Å². The van der Waals surface area contributed by atoms with Crippen molar-refractivity contribution in [2.45, 2.75) is 19.4 Å². The number of aryl methyl sites for hydroxylation is 1. The van der Waals surface area contributed by atoms with Crippen LogP contribution in [0.3, 0.4) is 0 Å². The zero-order valence-corrected chi connectivity index (χ0v) is 15.8. The van der Waals surface area contributed by atoms with E-state index in [2.05, 4.69) is 10.3 Å². The van der Waals surface area contributed by atoms with Crippen LogP contribution in [0.1, 0.15) is 21.7 Å². The third-order valence-electron chi connectivity index (χ3n) is 5.01. The Labute approximate surface area is 161 Å². The molecule has 1 aromatic carbocycles. The second-order valence-electron chi connectivity index (χ2n) is 6.92. The van der Waals surface area contributed by atoms with Crippen LogP contribution >= 0.6 is 0 Å². The first kappa shape index (κ1) is 18.4. The minimum atomic E-state index is -0.276. The maximum atomic E-state index is 13.4. The van der Waals surface area contributed by atoms with Gasteiger partial charge in [-0.15, -0.1) is 0 Å². The largest absolute Gasteiger partial charge is 0.374 e. The molecule has 1 amide bonds. The fourth-order valence-electron chi connectivity index (χ4n) is 3.36. The molecule has 3 heterocycles. The maximum Gasteiger partial charge on any atom is 0.276 e. The van der Waals surface area contributed by atoms with Crippen LogP contribution in [-0.4, -0.2) is 51.5 Å². The van der Waals surface area contributed by atoms with E-state index in [1.165, 1.54) is 12.1 Å². The summed E-state index contributed by atoms with van der Waals surface area (Å²) < 4.78 is 26.3. The Kier molecular flexibility index (Phi) is 4.95. The summed E-state index contributed by atoms with van der Waals surface area (Å²) in [6, 6.07) is 8.07. The lowest BCUT2D eigenvalue weighted by molar-refractivity contribution is -0.0211. The summed E-state index contributed by atoms with van der Waals surface area (Å²) >= 11 is 0. The van der Waals surface area contributed by atoms with Crippen molar-refractivity contribution >= 4 is 5.91 Å². The molecule has 0 radical (unpaired) electrons. The van der Waals surface area contributed by atoms with Crippen LogP contribution in [0.25, 0.3) is 11.3 Å². The number of carbonyl (C=O) groups excluding carboxylic acids is 1. The highest BCUT2D eigenvalue weighted by atomic mass is 19.1. The van der Waals surface area contributed by atoms with Gasteiger partial charge in [-0.3, -0.25) is 9.48 Å². The number of aromatic nitrogens is 3. The van der Waals surface area contributed by atoms with Gasteiger partial charge in [0.1, 0.15) is 5.82 Å². The Bertz CT molecular complexity index is 997. The highest BCUT2D eigenvalue weighted by molar-refractivity contribution is 5.93. The summed E-state index contributed by atoms with van der Waals surface area (Å²) in [5, 5.41) is 8.13. The van der Waals surface area contributed by atoms with Crippen LogP contribution in [-0.2, 0) is 18.2 Å². The Morgan fingerprint density at radius 3 is 2.96 bits per heavy atom. The molecule has 0 spiro atoms. The molecule has 1 atom stereocenters. The number of hydrogen-bond acceptors (Lipinski definition) is 5. The predicted molar refractivity (Wildman–Crippen MR) is 99.2 cm³/mol. The minimum absolute atomic E-state index is 0.188. The van der Waals surface area contributed by atoms with E-state index >= 15 is 0 Å². The highest BCUT2D eigenvalue weighted by Gasteiger charge is 2.27. The van der Waals surface area contributed by atoms with E-state index in [0.717, 1.165) is 16.8 Å². The molecular weight excluding hydrogens is 363 g/mol. The van der Waals surface area contributed by atoms with E-state index in [-0.39, 0.29) is 23.5 Å². The summed E-state index contributed by atoms with van der Waals surface area (Å²) in [6.45, 7) is 3.25. The zero-order chi connectivity index (χ0) is 19.7.